The Bertz CT molecular complexity index is 376. The van der Waals surface area contributed by atoms with Gasteiger partial charge in [0.05, 0.1) is 19.1 Å². The summed E-state index contributed by atoms with van der Waals surface area (Å²) in [6.07, 6.45) is 0.876. The van der Waals surface area contributed by atoms with Crippen molar-refractivity contribution in [2.75, 3.05) is 19.1 Å². The summed E-state index contributed by atoms with van der Waals surface area (Å²) in [5, 5.41) is 11.2. The van der Waals surface area contributed by atoms with Gasteiger partial charge in [-0.15, -0.1) is 11.6 Å². The number of benzene rings is 1. The van der Waals surface area contributed by atoms with Gasteiger partial charge >= 0.3 is 0 Å². The third-order valence-electron chi connectivity index (χ3n) is 3.09. The van der Waals surface area contributed by atoms with Crippen LogP contribution in [-0.2, 0) is 15.1 Å². The molecule has 1 unspecified atom stereocenters. The summed E-state index contributed by atoms with van der Waals surface area (Å²) in [6.45, 7) is 1.23. The van der Waals surface area contributed by atoms with Crippen molar-refractivity contribution in [1.29, 1.82) is 0 Å². The van der Waals surface area contributed by atoms with Crippen molar-refractivity contribution in [3.05, 3.63) is 34.9 Å². The highest BCUT2D eigenvalue weighted by atomic mass is 35.5. The number of halogens is 2. The van der Waals surface area contributed by atoms with E-state index < -0.39 is 5.60 Å². The normalized spacial score (nSPS) is 19.9. The molecule has 0 spiro atoms. The van der Waals surface area contributed by atoms with Gasteiger partial charge in [-0.25, -0.2) is 0 Å². The van der Waals surface area contributed by atoms with Crippen LogP contribution in [-0.4, -0.2) is 30.5 Å². The fourth-order valence-electron chi connectivity index (χ4n) is 1.98. The number of alkyl halides is 1. The van der Waals surface area contributed by atoms with Crippen LogP contribution in [0, 0.1) is 0 Å². The number of aliphatic hydroxyl groups is 1. The molecule has 1 heterocycles. The Hall–Kier alpha value is -0.320. The van der Waals surface area contributed by atoms with Gasteiger partial charge in [0.1, 0.15) is 5.60 Å². The Kier molecular flexibility index (Phi) is 4.87. The first-order valence-corrected chi connectivity index (χ1v) is 6.83. The van der Waals surface area contributed by atoms with Crippen LogP contribution in [0.1, 0.15) is 18.4 Å². The van der Waals surface area contributed by atoms with Crippen LogP contribution >= 0.6 is 23.2 Å². The van der Waals surface area contributed by atoms with Gasteiger partial charge in [0, 0.05) is 11.4 Å². The van der Waals surface area contributed by atoms with Crippen molar-refractivity contribution in [2.45, 2.75) is 24.7 Å². The van der Waals surface area contributed by atoms with Crippen LogP contribution < -0.4 is 0 Å². The third-order valence-corrected chi connectivity index (χ3v) is 3.78. The first-order chi connectivity index (χ1) is 8.64. The Morgan fingerprint density at radius 3 is 2.39 bits per heavy atom. The quantitative estimate of drug-likeness (QED) is 0.848. The molecule has 0 radical (unpaired) electrons. The highest BCUT2D eigenvalue weighted by Crippen LogP contribution is 2.30. The molecule has 0 aliphatic carbocycles. The molecular weight excluding hydrogens is 275 g/mol. The van der Waals surface area contributed by atoms with E-state index in [1.54, 1.807) is 24.3 Å². The molecule has 1 saturated heterocycles. The maximum absolute atomic E-state index is 10.6. The van der Waals surface area contributed by atoms with Crippen LogP contribution in [0.25, 0.3) is 0 Å². The summed E-state index contributed by atoms with van der Waals surface area (Å²) in [7, 11) is 0. The fourth-order valence-corrected chi connectivity index (χ4v) is 2.39. The van der Waals surface area contributed by atoms with Gasteiger partial charge in [0.2, 0.25) is 0 Å². The molecule has 3 nitrogen and oxygen atoms in total. The summed E-state index contributed by atoms with van der Waals surface area (Å²) >= 11 is 11.7. The minimum Gasteiger partial charge on any atom is -0.384 e. The Morgan fingerprint density at radius 1 is 1.22 bits per heavy atom. The molecule has 18 heavy (non-hydrogen) atoms. The molecule has 0 bridgehead atoms. The topological polar surface area (TPSA) is 38.7 Å². The zero-order valence-electron chi connectivity index (χ0n) is 9.94. The van der Waals surface area contributed by atoms with Crippen molar-refractivity contribution >= 4 is 23.2 Å². The number of rotatable bonds is 5. The SMILES string of the molecule is OC(CCl)(CCC1OCCO1)c1ccc(Cl)cc1. The van der Waals surface area contributed by atoms with E-state index in [0.29, 0.717) is 31.1 Å². The Balaban J connectivity index is 2.01. The lowest BCUT2D eigenvalue weighted by atomic mass is 9.91. The van der Waals surface area contributed by atoms with Crippen molar-refractivity contribution in [1.82, 2.24) is 0 Å². The second-order valence-electron chi connectivity index (χ2n) is 4.38. The van der Waals surface area contributed by atoms with E-state index in [2.05, 4.69) is 0 Å². The minimum atomic E-state index is -1.07. The molecular formula is C13H16Cl2O3. The number of hydrogen-bond acceptors (Lipinski definition) is 3. The van der Waals surface area contributed by atoms with Gasteiger partial charge in [-0.2, -0.15) is 0 Å². The minimum absolute atomic E-state index is 0.126. The monoisotopic (exact) mass is 290 g/mol. The second kappa shape index (κ2) is 6.22. The standard InChI is InChI=1S/C13H16Cl2O3/c14-9-13(16,6-5-12-17-7-8-18-12)10-1-3-11(15)4-2-10/h1-4,12,16H,5-9H2. The summed E-state index contributed by atoms with van der Waals surface area (Å²) in [5.41, 5.74) is -0.304. The summed E-state index contributed by atoms with van der Waals surface area (Å²) in [5.74, 6) is 0.126. The maximum Gasteiger partial charge on any atom is 0.157 e. The highest BCUT2D eigenvalue weighted by molar-refractivity contribution is 6.30. The smallest absolute Gasteiger partial charge is 0.157 e. The van der Waals surface area contributed by atoms with E-state index in [1.807, 2.05) is 0 Å². The molecule has 2 rings (SSSR count). The predicted molar refractivity (Wildman–Crippen MR) is 71.0 cm³/mol. The second-order valence-corrected chi connectivity index (χ2v) is 5.09. The molecule has 1 aliphatic heterocycles. The van der Waals surface area contributed by atoms with Gasteiger partial charge in [0.15, 0.2) is 6.29 Å². The highest BCUT2D eigenvalue weighted by Gasteiger charge is 2.30. The molecule has 1 aliphatic rings. The maximum atomic E-state index is 10.6. The van der Waals surface area contributed by atoms with E-state index in [0.717, 1.165) is 5.56 Å². The van der Waals surface area contributed by atoms with Crippen molar-refractivity contribution in [3.63, 3.8) is 0 Å². The van der Waals surface area contributed by atoms with E-state index in [4.69, 9.17) is 32.7 Å². The lowest BCUT2D eigenvalue weighted by Crippen LogP contribution is -2.29. The van der Waals surface area contributed by atoms with Crippen molar-refractivity contribution in [2.24, 2.45) is 0 Å². The van der Waals surface area contributed by atoms with Gasteiger partial charge in [0.25, 0.3) is 0 Å². The lowest BCUT2D eigenvalue weighted by molar-refractivity contribution is -0.0648. The number of ether oxygens (including phenoxy) is 2. The first kappa shape index (κ1) is 14.1. The molecule has 1 fully saturated rings. The zero-order valence-corrected chi connectivity index (χ0v) is 11.5. The van der Waals surface area contributed by atoms with Crippen LogP contribution in [0.15, 0.2) is 24.3 Å². The molecule has 100 valence electrons. The van der Waals surface area contributed by atoms with Crippen LogP contribution in [0.3, 0.4) is 0 Å². The Labute approximate surface area is 117 Å². The average Bonchev–Trinajstić information content (AvgIpc) is 2.90. The van der Waals surface area contributed by atoms with Crippen LogP contribution in [0.4, 0.5) is 0 Å². The molecule has 1 atom stereocenters. The van der Waals surface area contributed by atoms with E-state index >= 15 is 0 Å². The molecule has 1 aromatic carbocycles. The number of hydrogen-bond donors (Lipinski definition) is 1. The largest absolute Gasteiger partial charge is 0.384 e. The van der Waals surface area contributed by atoms with Crippen molar-refractivity contribution < 1.29 is 14.6 Å². The predicted octanol–water partition coefficient (Wildman–Crippen LogP) is 2.92. The van der Waals surface area contributed by atoms with E-state index in [-0.39, 0.29) is 12.2 Å². The average molecular weight is 291 g/mol. The molecule has 0 amide bonds. The molecule has 0 saturated carbocycles. The lowest BCUT2D eigenvalue weighted by Gasteiger charge is -2.27. The van der Waals surface area contributed by atoms with Gasteiger partial charge < -0.3 is 14.6 Å². The van der Waals surface area contributed by atoms with Crippen LogP contribution in [0.2, 0.25) is 5.02 Å². The van der Waals surface area contributed by atoms with Crippen LogP contribution in [0.5, 0.6) is 0 Å². The van der Waals surface area contributed by atoms with E-state index in [1.165, 1.54) is 0 Å². The zero-order chi connectivity index (χ0) is 13.0. The van der Waals surface area contributed by atoms with Gasteiger partial charge in [-0.05, 0) is 24.1 Å². The molecule has 5 heteroatoms. The molecule has 1 aromatic rings. The molecule has 0 aromatic heterocycles. The first-order valence-electron chi connectivity index (χ1n) is 5.92. The summed E-state index contributed by atoms with van der Waals surface area (Å²) in [4.78, 5) is 0. The molecule has 1 N–H and O–H groups in total. The van der Waals surface area contributed by atoms with Crippen molar-refractivity contribution in [3.8, 4) is 0 Å². The fraction of sp³-hybridized carbons (Fsp3) is 0.538. The summed E-state index contributed by atoms with van der Waals surface area (Å²) < 4.78 is 10.7. The third kappa shape index (κ3) is 3.37. The van der Waals surface area contributed by atoms with Gasteiger partial charge in [-0.3, -0.25) is 0 Å². The Morgan fingerprint density at radius 2 is 1.83 bits per heavy atom. The summed E-state index contributed by atoms with van der Waals surface area (Å²) in [6, 6.07) is 7.08. The van der Waals surface area contributed by atoms with Gasteiger partial charge in [-0.1, -0.05) is 23.7 Å². The van der Waals surface area contributed by atoms with E-state index in [9.17, 15) is 5.11 Å².